The third-order valence-corrected chi connectivity index (χ3v) is 4.48. The van der Waals surface area contributed by atoms with E-state index in [2.05, 4.69) is 0 Å². The Morgan fingerprint density at radius 1 is 1.00 bits per heavy atom. The van der Waals surface area contributed by atoms with E-state index in [0.717, 1.165) is 5.56 Å². The molecule has 5 nitrogen and oxygen atoms in total. The molecule has 0 aliphatic carbocycles. The largest absolute Gasteiger partial charge is 0.497 e. The number of fused-ring (bicyclic) bond motifs is 1. The Morgan fingerprint density at radius 3 is 2.48 bits per heavy atom. The lowest BCUT2D eigenvalue weighted by Crippen LogP contribution is -2.52. The van der Waals surface area contributed by atoms with Crippen LogP contribution < -0.4 is 9.47 Å². The summed E-state index contributed by atoms with van der Waals surface area (Å²) in [5.74, 6) is 0.855. The van der Waals surface area contributed by atoms with Crippen LogP contribution in [-0.4, -0.2) is 37.0 Å². The van der Waals surface area contributed by atoms with Gasteiger partial charge in [0.15, 0.2) is 0 Å². The average Bonchev–Trinajstić information content (AvgIpc) is 2.63. The first-order valence-electron chi connectivity index (χ1n) is 8.18. The van der Waals surface area contributed by atoms with Crippen molar-refractivity contribution in [2.24, 2.45) is 0 Å². The Morgan fingerprint density at radius 2 is 1.72 bits per heavy atom. The maximum absolute atomic E-state index is 12.8. The van der Waals surface area contributed by atoms with Crippen LogP contribution in [0, 0.1) is 0 Å². The Balaban J connectivity index is 1.74. The van der Waals surface area contributed by atoms with Gasteiger partial charge in [0, 0.05) is 11.6 Å². The van der Waals surface area contributed by atoms with Crippen LogP contribution in [0.2, 0.25) is 0 Å². The number of carbonyl (C=O) groups excluding carboxylic acids is 2. The summed E-state index contributed by atoms with van der Waals surface area (Å²) in [4.78, 5) is 26.8. The summed E-state index contributed by atoms with van der Waals surface area (Å²) in [7, 11) is 1.59. The van der Waals surface area contributed by atoms with Gasteiger partial charge in [-0.3, -0.25) is 14.5 Å². The lowest BCUT2D eigenvalue weighted by atomic mass is 9.77. The molecule has 2 amide bonds. The Bertz CT molecular complexity index is 813. The number of ether oxygens (including phenoxy) is 2. The number of amides is 2. The number of hydrogen-bond donors (Lipinski definition) is 0. The van der Waals surface area contributed by atoms with Gasteiger partial charge in [0.2, 0.25) is 5.91 Å². The standard InChI is InChI=1S/C20H21NO4/c1-20(2)17-10-5-4-9-16(17)18(22)21(19(20)23)11-12-25-15-8-6-7-14(13-15)24-3/h4-10,13H,11-12H2,1-3H3. The first-order chi connectivity index (χ1) is 11.9. The monoisotopic (exact) mass is 339 g/mol. The molecule has 2 aromatic rings. The molecule has 0 fully saturated rings. The second-order valence-corrected chi connectivity index (χ2v) is 6.46. The van der Waals surface area contributed by atoms with E-state index in [-0.39, 0.29) is 25.0 Å². The van der Waals surface area contributed by atoms with Crippen LogP contribution >= 0.6 is 0 Å². The van der Waals surface area contributed by atoms with Crippen LogP contribution in [0.4, 0.5) is 0 Å². The van der Waals surface area contributed by atoms with Crippen molar-refractivity contribution in [1.82, 2.24) is 4.90 Å². The van der Waals surface area contributed by atoms with Crippen LogP contribution in [0.1, 0.15) is 29.8 Å². The summed E-state index contributed by atoms with van der Waals surface area (Å²) >= 11 is 0. The fraction of sp³-hybridized carbons (Fsp3) is 0.300. The van der Waals surface area contributed by atoms with Gasteiger partial charge in [-0.15, -0.1) is 0 Å². The molecule has 1 aliphatic rings. The van der Waals surface area contributed by atoms with Crippen molar-refractivity contribution in [2.45, 2.75) is 19.3 Å². The van der Waals surface area contributed by atoms with Gasteiger partial charge >= 0.3 is 0 Å². The summed E-state index contributed by atoms with van der Waals surface area (Å²) in [6.45, 7) is 4.11. The van der Waals surface area contributed by atoms with Gasteiger partial charge in [-0.1, -0.05) is 24.3 Å². The molecule has 5 heteroatoms. The van der Waals surface area contributed by atoms with E-state index in [1.807, 2.05) is 50.2 Å². The number of imide groups is 1. The predicted octanol–water partition coefficient (Wildman–Crippen LogP) is 3.03. The molecule has 1 aliphatic heterocycles. The quantitative estimate of drug-likeness (QED) is 0.786. The van der Waals surface area contributed by atoms with Crippen LogP contribution in [-0.2, 0) is 10.2 Å². The average molecular weight is 339 g/mol. The molecule has 0 N–H and O–H groups in total. The first-order valence-corrected chi connectivity index (χ1v) is 8.18. The van der Waals surface area contributed by atoms with Gasteiger partial charge in [-0.2, -0.15) is 0 Å². The number of rotatable bonds is 5. The van der Waals surface area contributed by atoms with Crippen molar-refractivity contribution in [1.29, 1.82) is 0 Å². The third-order valence-electron chi connectivity index (χ3n) is 4.48. The van der Waals surface area contributed by atoms with Gasteiger partial charge in [0.1, 0.15) is 18.1 Å². The highest BCUT2D eigenvalue weighted by Crippen LogP contribution is 2.34. The fourth-order valence-electron chi connectivity index (χ4n) is 3.05. The summed E-state index contributed by atoms with van der Waals surface area (Å²) in [5, 5.41) is 0. The summed E-state index contributed by atoms with van der Waals surface area (Å²) in [5.41, 5.74) is 0.615. The van der Waals surface area contributed by atoms with Crippen molar-refractivity contribution in [3.8, 4) is 11.5 Å². The third kappa shape index (κ3) is 3.09. The molecule has 25 heavy (non-hydrogen) atoms. The number of hydrogen-bond acceptors (Lipinski definition) is 4. The second kappa shape index (κ2) is 6.59. The highest BCUT2D eigenvalue weighted by atomic mass is 16.5. The molecule has 130 valence electrons. The maximum Gasteiger partial charge on any atom is 0.260 e. The molecule has 0 radical (unpaired) electrons. The van der Waals surface area contributed by atoms with E-state index in [4.69, 9.17) is 9.47 Å². The zero-order chi connectivity index (χ0) is 18.0. The SMILES string of the molecule is COc1cccc(OCCN2C(=O)c3ccccc3C(C)(C)C2=O)c1. The molecule has 0 saturated heterocycles. The fourth-order valence-corrected chi connectivity index (χ4v) is 3.05. The molecule has 0 aromatic heterocycles. The number of benzene rings is 2. The van der Waals surface area contributed by atoms with Crippen molar-refractivity contribution >= 4 is 11.8 Å². The Hall–Kier alpha value is -2.82. The number of carbonyl (C=O) groups is 2. The molecule has 0 spiro atoms. The van der Waals surface area contributed by atoms with E-state index in [0.29, 0.717) is 17.1 Å². The minimum absolute atomic E-state index is 0.201. The highest BCUT2D eigenvalue weighted by molar-refractivity contribution is 6.12. The van der Waals surface area contributed by atoms with E-state index in [1.165, 1.54) is 4.90 Å². The summed E-state index contributed by atoms with van der Waals surface area (Å²) < 4.78 is 10.8. The van der Waals surface area contributed by atoms with Crippen LogP contribution in [0.3, 0.4) is 0 Å². The summed E-state index contributed by atoms with van der Waals surface area (Å²) in [6, 6.07) is 14.5. The topological polar surface area (TPSA) is 55.8 Å². The van der Waals surface area contributed by atoms with E-state index >= 15 is 0 Å². The Labute approximate surface area is 147 Å². The molecule has 0 bridgehead atoms. The molecule has 0 atom stereocenters. The first kappa shape index (κ1) is 17.0. The van der Waals surface area contributed by atoms with Crippen LogP contribution in [0.5, 0.6) is 11.5 Å². The van der Waals surface area contributed by atoms with Crippen molar-refractivity contribution < 1.29 is 19.1 Å². The minimum atomic E-state index is -0.736. The van der Waals surface area contributed by atoms with Crippen molar-refractivity contribution in [3.63, 3.8) is 0 Å². The molecule has 0 saturated carbocycles. The number of nitrogens with zero attached hydrogens (tertiary/aromatic N) is 1. The normalized spacial score (nSPS) is 15.7. The van der Waals surface area contributed by atoms with Crippen molar-refractivity contribution in [2.75, 3.05) is 20.3 Å². The molecule has 3 rings (SSSR count). The summed E-state index contributed by atoms with van der Waals surface area (Å²) in [6.07, 6.45) is 0. The maximum atomic E-state index is 12.8. The zero-order valence-corrected chi connectivity index (χ0v) is 14.6. The van der Waals surface area contributed by atoms with Crippen molar-refractivity contribution in [3.05, 3.63) is 59.7 Å². The smallest absolute Gasteiger partial charge is 0.260 e. The van der Waals surface area contributed by atoms with Gasteiger partial charge in [-0.25, -0.2) is 0 Å². The Kier molecular flexibility index (Phi) is 4.49. The van der Waals surface area contributed by atoms with E-state index < -0.39 is 5.41 Å². The van der Waals surface area contributed by atoms with Gasteiger partial charge in [-0.05, 0) is 37.6 Å². The molecule has 1 heterocycles. The minimum Gasteiger partial charge on any atom is -0.497 e. The van der Waals surface area contributed by atoms with Crippen LogP contribution in [0.15, 0.2) is 48.5 Å². The van der Waals surface area contributed by atoms with Gasteiger partial charge in [0.05, 0.1) is 19.1 Å². The lowest BCUT2D eigenvalue weighted by Gasteiger charge is -2.37. The molecule has 0 unspecified atom stereocenters. The van der Waals surface area contributed by atoms with Gasteiger partial charge in [0.25, 0.3) is 5.91 Å². The second-order valence-electron chi connectivity index (χ2n) is 6.46. The van der Waals surface area contributed by atoms with Crippen LogP contribution in [0.25, 0.3) is 0 Å². The lowest BCUT2D eigenvalue weighted by molar-refractivity contribution is -0.134. The van der Waals surface area contributed by atoms with Gasteiger partial charge < -0.3 is 9.47 Å². The molecule has 2 aromatic carbocycles. The predicted molar refractivity (Wildman–Crippen MR) is 94.0 cm³/mol. The number of methoxy groups -OCH3 is 1. The van der Waals surface area contributed by atoms with E-state index in [1.54, 1.807) is 19.2 Å². The highest BCUT2D eigenvalue weighted by Gasteiger charge is 2.43. The molecular weight excluding hydrogens is 318 g/mol. The molecular formula is C20H21NO4. The van der Waals surface area contributed by atoms with E-state index in [9.17, 15) is 9.59 Å². The zero-order valence-electron chi connectivity index (χ0n) is 14.6.